The van der Waals surface area contributed by atoms with Gasteiger partial charge in [-0.1, -0.05) is 59.1 Å². The number of rotatable bonds is 0. The molecule has 0 aromatic carbocycles. The Morgan fingerprint density at radius 1 is 0.941 bits per heavy atom. The maximum Gasteiger partial charge on any atom is 0.252 e. The van der Waals surface area contributed by atoms with Crippen LogP contribution in [0.4, 0.5) is 8.78 Å². The minimum absolute atomic E-state index is 0.0289. The first-order chi connectivity index (χ1) is 7.93. The zero-order valence-electron chi connectivity index (χ0n) is 13.1. The molecule has 0 amide bonds. The lowest BCUT2D eigenvalue weighted by molar-refractivity contribution is -0.0119. The summed E-state index contributed by atoms with van der Waals surface area (Å²) in [6.07, 6.45) is 1.83. The molecule has 0 unspecified atom stereocenters. The molecule has 0 spiro atoms. The van der Waals surface area contributed by atoms with Crippen LogP contribution in [-0.4, -0.2) is 5.92 Å². The van der Waals surface area contributed by atoms with Gasteiger partial charge in [-0.2, -0.15) is 0 Å². The summed E-state index contributed by atoms with van der Waals surface area (Å²) in [4.78, 5) is 0. The molecular formula is C15H32F2. The van der Waals surface area contributed by atoms with Crippen molar-refractivity contribution >= 4 is 0 Å². The third-order valence-corrected chi connectivity index (χ3v) is 2.12. The fourth-order valence-electron chi connectivity index (χ4n) is 1.21. The van der Waals surface area contributed by atoms with E-state index in [9.17, 15) is 8.78 Å². The summed E-state index contributed by atoms with van der Waals surface area (Å²) in [7, 11) is 0. The lowest BCUT2D eigenvalue weighted by Crippen LogP contribution is -2.20. The minimum Gasteiger partial charge on any atom is -0.207 e. The average Bonchev–Trinajstić information content (AvgIpc) is 2.30. The normalized spacial score (nSPS) is 16.6. The molecule has 0 aromatic heterocycles. The van der Waals surface area contributed by atoms with E-state index in [1.54, 1.807) is 6.92 Å². The molecule has 0 aromatic rings. The van der Waals surface area contributed by atoms with Gasteiger partial charge in [-0.05, 0) is 20.3 Å². The first-order valence-corrected chi connectivity index (χ1v) is 6.96. The highest BCUT2D eigenvalue weighted by atomic mass is 19.3. The molecule has 106 valence electrons. The number of allylic oxidation sites excluding steroid dienone is 2. The second-order valence-electron chi connectivity index (χ2n) is 3.80. The zero-order valence-corrected chi connectivity index (χ0v) is 13.1. The SMILES string of the molecule is CC.CC.CC1=C(C)CC(F)(F)CC1.CCC. The second-order valence-corrected chi connectivity index (χ2v) is 3.80. The molecule has 0 heterocycles. The van der Waals surface area contributed by atoms with Gasteiger partial charge in [0.1, 0.15) is 0 Å². The molecule has 1 aliphatic carbocycles. The van der Waals surface area contributed by atoms with Crippen molar-refractivity contribution in [2.45, 2.75) is 87.0 Å². The molecule has 17 heavy (non-hydrogen) atoms. The lowest BCUT2D eigenvalue weighted by atomic mass is 9.91. The van der Waals surface area contributed by atoms with E-state index in [1.807, 2.05) is 34.6 Å². The summed E-state index contributed by atoms with van der Waals surface area (Å²) >= 11 is 0. The third kappa shape index (κ3) is 13.5. The summed E-state index contributed by atoms with van der Waals surface area (Å²) < 4.78 is 25.2. The van der Waals surface area contributed by atoms with Gasteiger partial charge in [0, 0.05) is 12.8 Å². The van der Waals surface area contributed by atoms with Crippen molar-refractivity contribution in [3.05, 3.63) is 11.1 Å². The molecule has 0 aliphatic heterocycles. The topological polar surface area (TPSA) is 0 Å². The Kier molecular flexibility index (Phi) is 17.6. The van der Waals surface area contributed by atoms with Gasteiger partial charge in [-0.15, -0.1) is 0 Å². The first kappa shape index (κ1) is 21.8. The smallest absolute Gasteiger partial charge is 0.207 e. The zero-order chi connectivity index (χ0) is 14.5. The molecule has 0 nitrogen and oxygen atoms in total. The summed E-state index contributed by atoms with van der Waals surface area (Å²) in [6.45, 7) is 16.0. The standard InChI is InChI=1S/C8H12F2.C3H8.2C2H6/c1-6-3-4-8(9,10)5-7(6)2;1-3-2;2*1-2/h3-5H2,1-2H3;3H2,1-2H3;2*1-2H3. The Balaban J connectivity index is -0.000000239. The van der Waals surface area contributed by atoms with Gasteiger partial charge in [0.2, 0.25) is 0 Å². The third-order valence-electron chi connectivity index (χ3n) is 2.12. The van der Waals surface area contributed by atoms with E-state index in [0.29, 0.717) is 6.42 Å². The van der Waals surface area contributed by atoms with Crippen molar-refractivity contribution in [2.24, 2.45) is 0 Å². The van der Waals surface area contributed by atoms with E-state index >= 15 is 0 Å². The number of alkyl halides is 2. The maximum absolute atomic E-state index is 12.6. The lowest BCUT2D eigenvalue weighted by Gasteiger charge is -2.23. The summed E-state index contributed by atoms with van der Waals surface area (Å²) in [5.41, 5.74) is 2.02. The molecule has 0 bridgehead atoms. The van der Waals surface area contributed by atoms with Crippen LogP contribution >= 0.6 is 0 Å². The van der Waals surface area contributed by atoms with Crippen molar-refractivity contribution in [3.8, 4) is 0 Å². The molecule has 0 atom stereocenters. The van der Waals surface area contributed by atoms with E-state index in [-0.39, 0.29) is 12.8 Å². The van der Waals surface area contributed by atoms with Gasteiger partial charge in [0.25, 0.3) is 5.92 Å². The molecule has 1 rings (SSSR count). The molecule has 0 saturated heterocycles. The number of hydrogen-bond donors (Lipinski definition) is 0. The van der Waals surface area contributed by atoms with Gasteiger partial charge in [0.15, 0.2) is 0 Å². The predicted molar refractivity (Wildman–Crippen MR) is 75.8 cm³/mol. The van der Waals surface area contributed by atoms with E-state index in [2.05, 4.69) is 13.8 Å². The Labute approximate surface area is 108 Å². The molecule has 2 heteroatoms. The van der Waals surface area contributed by atoms with Gasteiger partial charge in [-0.25, -0.2) is 8.78 Å². The average molecular weight is 250 g/mol. The summed E-state index contributed by atoms with van der Waals surface area (Å²) in [5, 5.41) is 0. The van der Waals surface area contributed by atoms with Crippen molar-refractivity contribution in [3.63, 3.8) is 0 Å². The molecule has 1 aliphatic rings. The van der Waals surface area contributed by atoms with Crippen LogP contribution < -0.4 is 0 Å². The van der Waals surface area contributed by atoms with E-state index in [0.717, 1.165) is 11.1 Å². The molecular weight excluding hydrogens is 218 g/mol. The van der Waals surface area contributed by atoms with Crippen LogP contribution in [0.25, 0.3) is 0 Å². The Morgan fingerprint density at radius 3 is 1.53 bits per heavy atom. The molecule has 0 saturated carbocycles. The van der Waals surface area contributed by atoms with Crippen LogP contribution in [0.2, 0.25) is 0 Å². The highest BCUT2D eigenvalue weighted by Gasteiger charge is 2.32. The highest BCUT2D eigenvalue weighted by Crippen LogP contribution is 2.35. The summed E-state index contributed by atoms with van der Waals surface area (Å²) in [5.74, 6) is -2.43. The van der Waals surface area contributed by atoms with Crippen LogP contribution in [0.3, 0.4) is 0 Å². The second kappa shape index (κ2) is 13.7. The van der Waals surface area contributed by atoms with Crippen molar-refractivity contribution in [1.29, 1.82) is 0 Å². The van der Waals surface area contributed by atoms with Gasteiger partial charge in [-0.3, -0.25) is 0 Å². The quantitative estimate of drug-likeness (QED) is 0.424. The Hall–Kier alpha value is -0.400. The van der Waals surface area contributed by atoms with Crippen LogP contribution in [0, 0.1) is 0 Å². The molecule has 0 radical (unpaired) electrons. The van der Waals surface area contributed by atoms with E-state index in [1.165, 1.54) is 6.42 Å². The predicted octanol–water partition coefficient (Wildman–Crippen LogP) is 6.61. The molecule has 0 N–H and O–H groups in total. The largest absolute Gasteiger partial charge is 0.252 e. The fourth-order valence-corrected chi connectivity index (χ4v) is 1.21. The Bertz CT molecular complexity index is 181. The highest BCUT2D eigenvalue weighted by molar-refractivity contribution is 5.15. The van der Waals surface area contributed by atoms with Crippen LogP contribution in [0.15, 0.2) is 11.1 Å². The van der Waals surface area contributed by atoms with Gasteiger partial charge < -0.3 is 0 Å². The first-order valence-electron chi connectivity index (χ1n) is 6.96. The minimum atomic E-state index is -2.43. The van der Waals surface area contributed by atoms with E-state index in [4.69, 9.17) is 0 Å². The Morgan fingerprint density at radius 2 is 1.29 bits per heavy atom. The number of hydrogen-bond acceptors (Lipinski definition) is 0. The summed E-state index contributed by atoms with van der Waals surface area (Å²) in [6, 6.07) is 0. The fraction of sp³-hybridized carbons (Fsp3) is 0.867. The van der Waals surface area contributed by atoms with Gasteiger partial charge in [0.05, 0.1) is 0 Å². The van der Waals surface area contributed by atoms with Crippen LogP contribution in [0.1, 0.15) is 81.1 Å². The van der Waals surface area contributed by atoms with Crippen LogP contribution in [-0.2, 0) is 0 Å². The van der Waals surface area contributed by atoms with Crippen molar-refractivity contribution in [1.82, 2.24) is 0 Å². The van der Waals surface area contributed by atoms with Gasteiger partial charge >= 0.3 is 0 Å². The van der Waals surface area contributed by atoms with Crippen molar-refractivity contribution in [2.75, 3.05) is 0 Å². The van der Waals surface area contributed by atoms with Crippen LogP contribution in [0.5, 0.6) is 0 Å². The van der Waals surface area contributed by atoms with Crippen molar-refractivity contribution < 1.29 is 8.78 Å². The monoisotopic (exact) mass is 250 g/mol. The molecule has 0 fully saturated rings. The number of halogens is 2. The maximum atomic E-state index is 12.6. The van der Waals surface area contributed by atoms with E-state index < -0.39 is 5.92 Å².